The summed E-state index contributed by atoms with van der Waals surface area (Å²) in [7, 11) is -2.98. The molecule has 2 atom stereocenters. The minimum absolute atomic E-state index is 0.128. The fraction of sp³-hybridized carbons (Fsp3) is 1.00. The maximum atomic E-state index is 12.2. The van der Waals surface area contributed by atoms with Crippen LogP contribution in [0.5, 0.6) is 0 Å². The standard InChI is InChI=1S/C14H27NO3S/c1-12-14(8-10-18-12)19(16,17)11-5-9-15-13-6-3-2-4-7-13/h12-15H,2-11H2,1H3. The molecule has 1 aliphatic carbocycles. The van der Waals surface area contributed by atoms with Crippen LogP contribution in [0.3, 0.4) is 0 Å². The highest BCUT2D eigenvalue weighted by molar-refractivity contribution is 7.92. The second-order valence-corrected chi connectivity index (χ2v) is 8.25. The van der Waals surface area contributed by atoms with Crippen LogP contribution in [-0.2, 0) is 14.6 Å². The van der Waals surface area contributed by atoms with E-state index in [1.165, 1.54) is 32.1 Å². The number of rotatable bonds is 6. The molecule has 1 saturated heterocycles. The third-order valence-electron chi connectivity index (χ3n) is 4.41. The van der Waals surface area contributed by atoms with Crippen LogP contribution >= 0.6 is 0 Å². The summed E-state index contributed by atoms with van der Waals surface area (Å²) in [5.41, 5.74) is 0. The van der Waals surface area contributed by atoms with Crippen LogP contribution in [0.2, 0.25) is 0 Å². The molecule has 2 rings (SSSR count). The van der Waals surface area contributed by atoms with Gasteiger partial charge in [0.25, 0.3) is 0 Å². The summed E-state index contributed by atoms with van der Waals surface area (Å²) in [6, 6.07) is 0.616. The van der Waals surface area contributed by atoms with E-state index in [0.717, 1.165) is 13.0 Å². The molecule has 4 nitrogen and oxygen atoms in total. The summed E-state index contributed by atoms with van der Waals surface area (Å²) in [5, 5.41) is 3.22. The molecule has 0 aromatic carbocycles. The van der Waals surface area contributed by atoms with E-state index in [1.54, 1.807) is 0 Å². The Morgan fingerprint density at radius 3 is 2.53 bits per heavy atom. The first-order valence-corrected chi connectivity index (χ1v) is 9.38. The predicted octanol–water partition coefficient (Wildman–Crippen LogP) is 1.89. The molecule has 0 amide bonds. The molecule has 1 saturated carbocycles. The quantitative estimate of drug-likeness (QED) is 0.759. The van der Waals surface area contributed by atoms with Crippen molar-refractivity contribution in [2.24, 2.45) is 0 Å². The van der Waals surface area contributed by atoms with Crippen molar-refractivity contribution in [3.8, 4) is 0 Å². The van der Waals surface area contributed by atoms with Gasteiger partial charge in [-0.2, -0.15) is 0 Å². The highest BCUT2D eigenvalue weighted by atomic mass is 32.2. The summed E-state index contributed by atoms with van der Waals surface area (Å²) in [5.74, 6) is 0.297. The van der Waals surface area contributed by atoms with E-state index < -0.39 is 9.84 Å². The second kappa shape index (κ2) is 7.04. The summed E-state index contributed by atoms with van der Waals surface area (Å²) >= 11 is 0. The Morgan fingerprint density at radius 2 is 1.89 bits per heavy atom. The van der Waals surface area contributed by atoms with Crippen molar-refractivity contribution in [2.45, 2.75) is 69.3 Å². The van der Waals surface area contributed by atoms with Crippen molar-refractivity contribution >= 4 is 9.84 Å². The molecule has 1 heterocycles. The van der Waals surface area contributed by atoms with Crippen LogP contribution in [0.25, 0.3) is 0 Å². The molecule has 1 aliphatic heterocycles. The van der Waals surface area contributed by atoms with Gasteiger partial charge in [-0.15, -0.1) is 0 Å². The largest absolute Gasteiger partial charge is 0.377 e. The molecule has 2 aliphatic rings. The van der Waals surface area contributed by atoms with E-state index in [2.05, 4.69) is 5.32 Å². The van der Waals surface area contributed by atoms with Crippen molar-refractivity contribution < 1.29 is 13.2 Å². The summed E-state index contributed by atoms with van der Waals surface area (Å²) in [4.78, 5) is 0. The average Bonchev–Trinajstić information content (AvgIpc) is 2.83. The van der Waals surface area contributed by atoms with Crippen molar-refractivity contribution in [1.82, 2.24) is 5.32 Å². The van der Waals surface area contributed by atoms with Gasteiger partial charge in [-0.3, -0.25) is 0 Å². The van der Waals surface area contributed by atoms with E-state index in [-0.39, 0.29) is 11.4 Å². The smallest absolute Gasteiger partial charge is 0.155 e. The molecule has 0 aromatic rings. The first-order valence-electron chi connectivity index (χ1n) is 7.66. The van der Waals surface area contributed by atoms with Gasteiger partial charge in [-0.05, 0) is 39.2 Å². The molecule has 112 valence electrons. The minimum Gasteiger partial charge on any atom is -0.377 e. The average molecular weight is 289 g/mol. The van der Waals surface area contributed by atoms with E-state index in [1.807, 2.05) is 6.92 Å². The van der Waals surface area contributed by atoms with Crippen molar-refractivity contribution in [3.05, 3.63) is 0 Å². The number of hydrogen-bond acceptors (Lipinski definition) is 4. The van der Waals surface area contributed by atoms with Crippen LogP contribution in [0.15, 0.2) is 0 Å². The van der Waals surface area contributed by atoms with Gasteiger partial charge < -0.3 is 10.1 Å². The number of hydrogen-bond donors (Lipinski definition) is 1. The lowest BCUT2D eigenvalue weighted by molar-refractivity contribution is 0.126. The van der Waals surface area contributed by atoms with Crippen molar-refractivity contribution in [1.29, 1.82) is 0 Å². The van der Waals surface area contributed by atoms with Gasteiger partial charge in [0.2, 0.25) is 0 Å². The van der Waals surface area contributed by atoms with E-state index >= 15 is 0 Å². The fourth-order valence-corrected chi connectivity index (χ4v) is 5.19. The Kier molecular flexibility index (Phi) is 5.66. The van der Waals surface area contributed by atoms with Gasteiger partial charge in [0.1, 0.15) is 0 Å². The zero-order valence-corrected chi connectivity index (χ0v) is 12.8. The van der Waals surface area contributed by atoms with Gasteiger partial charge in [0.05, 0.1) is 17.1 Å². The lowest BCUT2D eigenvalue weighted by Crippen LogP contribution is -2.34. The topological polar surface area (TPSA) is 55.4 Å². The number of sulfone groups is 1. The molecule has 2 fully saturated rings. The summed E-state index contributed by atoms with van der Waals surface area (Å²) in [6.07, 6.45) is 7.74. The maximum absolute atomic E-state index is 12.2. The normalized spacial score (nSPS) is 29.7. The molecular weight excluding hydrogens is 262 g/mol. The van der Waals surface area contributed by atoms with Gasteiger partial charge in [-0.25, -0.2) is 8.42 Å². The molecule has 0 aromatic heterocycles. The van der Waals surface area contributed by atoms with Gasteiger partial charge in [0, 0.05) is 12.6 Å². The molecule has 0 bridgehead atoms. The summed E-state index contributed by atoms with van der Waals surface area (Å²) < 4.78 is 29.7. The SMILES string of the molecule is CC1OCCC1S(=O)(=O)CCCNC1CCCCC1. The zero-order valence-electron chi connectivity index (χ0n) is 11.9. The van der Waals surface area contributed by atoms with E-state index in [4.69, 9.17) is 4.74 Å². The molecular formula is C14H27NO3S. The third-order valence-corrected chi connectivity index (χ3v) is 6.81. The Morgan fingerprint density at radius 1 is 1.16 bits per heavy atom. The molecule has 19 heavy (non-hydrogen) atoms. The Balaban J connectivity index is 1.66. The second-order valence-electron chi connectivity index (χ2n) is 5.91. The van der Waals surface area contributed by atoms with Crippen molar-refractivity contribution in [2.75, 3.05) is 18.9 Å². The number of ether oxygens (including phenoxy) is 1. The number of nitrogens with one attached hydrogen (secondary N) is 1. The van der Waals surface area contributed by atoms with E-state index in [0.29, 0.717) is 24.8 Å². The van der Waals surface area contributed by atoms with Crippen LogP contribution in [-0.4, -0.2) is 44.7 Å². The van der Waals surface area contributed by atoms with Crippen LogP contribution < -0.4 is 5.32 Å². The lowest BCUT2D eigenvalue weighted by Gasteiger charge is -2.23. The highest BCUT2D eigenvalue weighted by Crippen LogP contribution is 2.22. The maximum Gasteiger partial charge on any atom is 0.155 e. The van der Waals surface area contributed by atoms with Crippen LogP contribution in [0, 0.1) is 0 Å². The first-order chi connectivity index (χ1) is 9.09. The highest BCUT2D eigenvalue weighted by Gasteiger charge is 2.35. The lowest BCUT2D eigenvalue weighted by atomic mass is 9.95. The van der Waals surface area contributed by atoms with E-state index in [9.17, 15) is 8.42 Å². The zero-order chi connectivity index (χ0) is 13.7. The third kappa shape index (κ3) is 4.43. The minimum atomic E-state index is -2.98. The van der Waals surface area contributed by atoms with Gasteiger partial charge in [0.15, 0.2) is 9.84 Å². The monoisotopic (exact) mass is 289 g/mol. The van der Waals surface area contributed by atoms with Crippen LogP contribution in [0.1, 0.15) is 51.9 Å². The summed E-state index contributed by atoms with van der Waals surface area (Å²) in [6.45, 7) is 3.28. The molecule has 5 heteroatoms. The Labute approximate surface area is 117 Å². The van der Waals surface area contributed by atoms with Gasteiger partial charge >= 0.3 is 0 Å². The molecule has 0 spiro atoms. The first kappa shape index (κ1) is 15.3. The van der Waals surface area contributed by atoms with Crippen LogP contribution in [0.4, 0.5) is 0 Å². The molecule has 0 radical (unpaired) electrons. The Hall–Kier alpha value is -0.130. The molecule has 2 unspecified atom stereocenters. The predicted molar refractivity (Wildman–Crippen MR) is 77.1 cm³/mol. The Bertz CT molecular complexity index is 363. The fourth-order valence-electron chi connectivity index (χ4n) is 3.22. The van der Waals surface area contributed by atoms with Gasteiger partial charge in [-0.1, -0.05) is 19.3 Å². The van der Waals surface area contributed by atoms with Crippen molar-refractivity contribution in [3.63, 3.8) is 0 Å². The molecule has 1 N–H and O–H groups in total.